The first-order valence-corrected chi connectivity index (χ1v) is 5.14. The van der Waals surface area contributed by atoms with Crippen LogP contribution in [-0.4, -0.2) is 62.1 Å². The van der Waals surface area contributed by atoms with Gasteiger partial charge in [-0.05, 0) is 0 Å². The van der Waals surface area contributed by atoms with Gasteiger partial charge in [0, 0.05) is 19.6 Å². The molecule has 2 rings (SSSR count). The van der Waals surface area contributed by atoms with E-state index in [0.717, 1.165) is 0 Å². The zero-order chi connectivity index (χ0) is 10.7. The van der Waals surface area contributed by atoms with Crippen molar-refractivity contribution in [3.63, 3.8) is 0 Å². The Hall–Kier alpha value is -1.14. The number of hydrogen-bond donors (Lipinski definition) is 2. The normalized spacial score (nSPS) is 27.3. The number of nitrogens with one attached hydrogen (secondary N) is 2. The van der Waals surface area contributed by atoms with Gasteiger partial charge in [0.1, 0.15) is 6.04 Å². The van der Waals surface area contributed by atoms with Crippen molar-refractivity contribution in [3.05, 3.63) is 0 Å². The van der Waals surface area contributed by atoms with Crippen LogP contribution in [0.4, 0.5) is 0 Å². The highest BCUT2D eigenvalue weighted by molar-refractivity contribution is 5.86. The Morgan fingerprint density at radius 3 is 2.73 bits per heavy atom. The average molecular weight is 213 g/mol. The molecule has 2 amide bonds. The fourth-order valence-electron chi connectivity index (χ4n) is 1.75. The van der Waals surface area contributed by atoms with E-state index >= 15 is 0 Å². The van der Waals surface area contributed by atoms with E-state index in [1.54, 1.807) is 4.90 Å². The molecule has 2 N–H and O–H groups in total. The molecule has 0 aromatic carbocycles. The Labute approximate surface area is 87.9 Å². The minimum absolute atomic E-state index is 0.0540. The first-order chi connectivity index (χ1) is 7.27. The second-order valence-corrected chi connectivity index (χ2v) is 3.68. The molecule has 0 bridgehead atoms. The maximum Gasteiger partial charge on any atom is 0.241 e. The van der Waals surface area contributed by atoms with Gasteiger partial charge in [-0.3, -0.25) is 14.9 Å². The lowest BCUT2D eigenvalue weighted by Crippen LogP contribution is -2.59. The van der Waals surface area contributed by atoms with Crippen LogP contribution in [0.1, 0.15) is 0 Å². The molecule has 0 spiro atoms. The zero-order valence-corrected chi connectivity index (χ0v) is 8.49. The largest absolute Gasteiger partial charge is 0.378 e. The van der Waals surface area contributed by atoms with Crippen LogP contribution < -0.4 is 10.6 Å². The monoisotopic (exact) mass is 213 g/mol. The molecule has 15 heavy (non-hydrogen) atoms. The van der Waals surface area contributed by atoms with E-state index in [4.69, 9.17) is 4.74 Å². The molecule has 2 fully saturated rings. The van der Waals surface area contributed by atoms with Crippen molar-refractivity contribution in [1.29, 1.82) is 0 Å². The van der Waals surface area contributed by atoms with Crippen molar-refractivity contribution in [1.82, 2.24) is 15.5 Å². The van der Waals surface area contributed by atoms with Gasteiger partial charge in [-0.2, -0.15) is 0 Å². The van der Waals surface area contributed by atoms with E-state index < -0.39 is 0 Å². The Balaban J connectivity index is 1.86. The number of hydrogen-bond acceptors (Lipinski definition) is 4. The van der Waals surface area contributed by atoms with E-state index in [9.17, 15) is 9.59 Å². The summed E-state index contributed by atoms with van der Waals surface area (Å²) < 4.78 is 5.17. The van der Waals surface area contributed by atoms with E-state index in [1.807, 2.05) is 0 Å². The van der Waals surface area contributed by atoms with Gasteiger partial charge in [-0.25, -0.2) is 0 Å². The lowest BCUT2D eigenvalue weighted by atomic mass is 10.2. The van der Waals surface area contributed by atoms with Crippen molar-refractivity contribution in [3.8, 4) is 0 Å². The quantitative estimate of drug-likeness (QED) is 0.525. The minimum atomic E-state index is -0.277. The molecule has 84 valence electrons. The molecule has 2 aliphatic heterocycles. The molecule has 0 saturated carbocycles. The molecule has 6 heteroatoms. The molecular formula is C9H15N3O3. The SMILES string of the molecule is O=C1CNC(C(=O)N2CCOCC2)CN1. The van der Waals surface area contributed by atoms with Crippen LogP contribution in [0.25, 0.3) is 0 Å². The third kappa shape index (κ3) is 2.45. The lowest BCUT2D eigenvalue weighted by molar-refractivity contribution is -0.138. The molecule has 2 saturated heterocycles. The number of ether oxygens (including phenoxy) is 1. The lowest BCUT2D eigenvalue weighted by Gasteiger charge is -2.32. The molecule has 2 heterocycles. The summed E-state index contributed by atoms with van der Waals surface area (Å²) in [4.78, 5) is 24.6. The Morgan fingerprint density at radius 1 is 1.40 bits per heavy atom. The molecule has 1 atom stereocenters. The third-order valence-electron chi connectivity index (χ3n) is 2.63. The first-order valence-electron chi connectivity index (χ1n) is 5.14. The van der Waals surface area contributed by atoms with Crippen LogP contribution in [0.15, 0.2) is 0 Å². The van der Waals surface area contributed by atoms with E-state index in [2.05, 4.69) is 10.6 Å². The standard InChI is InChI=1S/C9H15N3O3/c13-8-6-10-7(5-11-8)9(14)12-1-3-15-4-2-12/h7,10H,1-6H2,(H,11,13). The number of piperazine rings is 1. The Kier molecular flexibility index (Phi) is 3.17. The summed E-state index contributed by atoms with van der Waals surface area (Å²) in [6.45, 7) is 3.10. The molecule has 0 aromatic heterocycles. The third-order valence-corrected chi connectivity index (χ3v) is 2.63. The van der Waals surface area contributed by atoms with Gasteiger partial charge in [-0.15, -0.1) is 0 Å². The highest BCUT2D eigenvalue weighted by atomic mass is 16.5. The van der Waals surface area contributed by atoms with Crippen LogP contribution in [-0.2, 0) is 14.3 Å². The van der Waals surface area contributed by atoms with E-state index in [0.29, 0.717) is 32.8 Å². The molecular weight excluding hydrogens is 198 g/mol. The van der Waals surface area contributed by atoms with E-state index in [-0.39, 0.29) is 24.4 Å². The second-order valence-electron chi connectivity index (χ2n) is 3.68. The number of morpholine rings is 1. The number of amides is 2. The topological polar surface area (TPSA) is 70.7 Å². The van der Waals surface area contributed by atoms with Gasteiger partial charge in [-0.1, -0.05) is 0 Å². The first kappa shape index (κ1) is 10.4. The van der Waals surface area contributed by atoms with Gasteiger partial charge in [0.2, 0.25) is 11.8 Å². The smallest absolute Gasteiger partial charge is 0.241 e. The van der Waals surface area contributed by atoms with Gasteiger partial charge < -0.3 is 15.0 Å². The molecule has 1 unspecified atom stereocenters. The summed E-state index contributed by atoms with van der Waals surface area (Å²) in [5.41, 5.74) is 0. The predicted molar refractivity (Wildman–Crippen MR) is 52.2 cm³/mol. The minimum Gasteiger partial charge on any atom is -0.378 e. The van der Waals surface area contributed by atoms with Crippen molar-refractivity contribution in [2.24, 2.45) is 0 Å². The number of carbonyl (C=O) groups is 2. The summed E-state index contributed by atoms with van der Waals surface area (Å²) in [6.07, 6.45) is 0. The molecule has 6 nitrogen and oxygen atoms in total. The molecule has 0 aliphatic carbocycles. The fraction of sp³-hybridized carbons (Fsp3) is 0.778. The van der Waals surface area contributed by atoms with Crippen molar-refractivity contribution < 1.29 is 14.3 Å². The maximum atomic E-state index is 11.9. The van der Waals surface area contributed by atoms with Crippen LogP contribution in [0, 0.1) is 0 Å². The summed E-state index contributed by atoms with van der Waals surface area (Å²) in [5.74, 6) is -0.000623. The van der Waals surface area contributed by atoms with Crippen molar-refractivity contribution in [2.45, 2.75) is 6.04 Å². The molecule has 0 radical (unpaired) electrons. The van der Waals surface area contributed by atoms with Gasteiger partial charge >= 0.3 is 0 Å². The highest BCUT2D eigenvalue weighted by Crippen LogP contribution is 2.01. The maximum absolute atomic E-state index is 11.9. The van der Waals surface area contributed by atoms with Crippen LogP contribution in [0.3, 0.4) is 0 Å². The summed E-state index contributed by atoms with van der Waals surface area (Å²) in [7, 11) is 0. The van der Waals surface area contributed by atoms with Gasteiger partial charge in [0.25, 0.3) is 0 Å². The fourth-order valence-corrected chi connectivity index (χ4v) is 1.75. The van der Waals surface area contributed by atoms with Crippen molar-refractivity contribution in [2.75, 3.05) is 39.4 Å². The van der Waals surface area contributed by atoms with Crippen molar-refractivity contribution >= 4 is 11.8 Å². The summed E-state index contributed by atoms with van der Waals surface area (Å²) in [5, 5.41) is 5.59. The number of carbonyl (C=O) groups excluding carboxylic acids is 2. The zero-order valence-electron chi connectivity index (χ0n) is 8.49. The molecule has 2 aliphatic rings. The van der Waals surface area contributed by atoms with Crippen LogP contribution in [0.2, 0.25) is 0 Å². The number of rotatable bonds is 1. The van der Waals surface area contributed by atoms with Gasteiger partial charge in [0.05, 0.1) is 19.8 Å². The molecule has 0 aromatic rings. The summed E-state index contributed by atoms with van der Waals surface area (Å²) in [6, 6.07) is -0.277. The highest BCUT2D eigenvalue weighted by Gasteiger charge is 2.28. The van der Waals surface area contributed by atoms with Gasteiger partial charge in [0.15, 0.2) is 0 Å². The van der Waals surface area contributed by atoms with E-state index in [1.165, 1.54) is 0 Å². The van der Waals surface area contributed by atoms with Crippen LogP contribution in [0.5, 0.6) is 0 Å². The average Bonchev–Trinajstić information content (AvgIpc) is 2.30. The number of nitrogens with zero attached hydrogens (tertiary/aromatic N) is 1. The Morgan fingerprint density at radius 2 is 2.13 bits per heavy atom. The Bertz CT molecular complexity index is 253. The van der Waals surface area contributed by atoms with Crippen LogP contribution >= 0.6 is 0 Å². The predicted octanol–water partition coefficient (Wildman–Crippen LogP) is -2.07. The second kappa shape index (κ2) is 4.59. The summed E-state index contributed by atoms with van der Waals surface area (Å²) >= 11 is 0.